The highest BCUT2D eigenvalue weighted by atomic mass is 16.6. The van der Waals surface area contributed by atoms with Crippen LogP contribution < -0.4 is 10.6 Å². The van der Waals surface area contributed by atoms with Crippen molar-refractivity contribution in [2.24, 2.45) is 0 Å². The molecular weight excluding hydrogens is 278 g/mol. The van der Waals surface area contributed by atoms with Gasteiger partial charge >= 0.3 is 6.09 Å². The van der Waals surface area contributed by atoms with Crippen molar-refractivity contribution >= 4 is 6.09 Å². The number of carbonyl (C=O) groups excluding carboxylic acids is 1. The average Bonchev–Trinajstić information content (AvgIpc) is 2.45. The standard InChI is InChI=1S/C17H29N3O2/c1-6-17(7-2,20-15(21)22-16(3,4)5)13-19-12-14-9-8-10-18-11-14/h8-11,19H,6-7,12-13H2,1-5H3,(H,20,21). The molecule has 1 rings (SSSR count). The Balaban J connectivity index is 2.57. The molecule has 0 spiro atoms. The molecule has 1 aromatic heterocycles. The van der Waals surface area contributed by atoms with E-state index in [-0.39, 0.29) is 11.6 Å². The predicted molar refractivity (Wildman–Crippen MR) is 88.6 cm³/mol. The molecule has 0 fully saturated rings. The third-order valence-electron chi connectivity index (χ3n) is 3.63. The molecule has 5 heteroatoms. The number of hydrogen-bond acceptors (Lipinski definition) is 4. The Labute approximate surface area is 133 Å². The van der Waals surface area contributed by atoms with Crippen molar-refractivity contribution in [1.29, 1.82) is 0 Å². The van der Waals surface area contributed by atoms with Crippen molar-refractivity contribution < 1.29 is 9.53 Å². The van der Waals surface area contributed by atoms with E-state index in [9.17, 15) is 4.79 Å². The number of nitrogens with one attached hydrogen (secondary N) is 2. The Hall–Kier alpha value is -1.62. The fraction of sp³-hybridized carbons (Fsp3) is 0.647. The Morgan fingerprint density at radius 1 is 1.27 bits per heavy atom. The van der Waals surface area contributed by atoms with Crippen LogP contribution in [-0.2, 0) is 11.3 Å². The van der Waals surface area contributed by atoms with Gasteiger partial charge in [-0.15, -0.1) is 0 Å². The van der Waals surface area contributed by atoms with Crippen LogP contribution in [0.1, 0.15) is 53.0 Å². The van der Waals surface area contributed by atoms with Gasteiger partial charge in [-0.25, -0.2) is 4.79 Å². The van der Waals surface area contributed by atoms with Crippen LogP contribution in [0.2, 0.25) is 0 Å². The molecule has 22 heavy (non-hydrogen) atoms. The summed E-state index contributed by atoms with van der Waals surface area (Å²) in [7, 11) is 0. The van der Waals surface area contributed by atoms with Crippen LogP contribution in [-0.4, -0.2) is 28.8 Å². The maximum Gasteiger partial charge on any atom is 0.408 e. The fourth-order valence-electron chi connectivity index (χ4n) is 2.19. The van der Waals surface area contributed by atoms with Crippen LogP contribution in [0.5, 0.6) is 0 Å². The molecular formula is C17H29N3O2. The third kappa shape index (κ3) is 6.43. The highest BCUT2D eigenvalue weighted by molar-refractivity contribution is 5.68. The van der Waals surface area contributed by atoms with E-state index in [0.29, 0.717) is 6.54 Å². The lowest BCUT2D eigenvalue weighted by Gasteiger charge is -2.34. The molecule has 0 bridgehead atoms. The lowest BCUT2D eigenvalue weighted by atomic mass is 9.93. The first-order valence-corrected chi connectivity index (χ1v) is 7.91. The van der Waals surface area contributed by atoms with Crippen LogP contribution in [0, 0.1) is 0 Å². The smallest absolute Gasteiger partial charge is 0.408 e. The Morgan fingerprint density at radius 3 is 2.45 bits per heavy atom. The van der Waals surface area contributed by atoms with Crippen LogP contribution in [0.4, 0.5) is 4.79 Å². The molecule has 0 atom stereocenters. The van der Waals surface area contributed by atoms with E-state index in [0.717, 1.165) is 24.9 Å². The van der Waals surface area contributed by atoms with Gasteiger partial charge in [-0.2, -0.15) is 0 Å². The molecule has 0 aliphatic carbocycles. The highest BCUT2D eigenvalue weighted by Crippen LogP contribution is 2.16. The zero-order valence-corrected chi connectivity index (χ0v) is 14.4. The average molecular weight is 307 g/mol. The van der Waals surface area contributed by atoms with Gasteiger partial charge in [0.2, 0.25) is 0 Å². The maximum atomic E-state index is 12.1. The van der Waals surface area contributed by atoms with Gasteiger partial charge in [0, 0.05) is 25.5 Å². The minimum Gasteiger partial charge on any atom is -0.444 e. The highest BCUT2D eigenvalue weighted by Gasteiger charge is 2.30. The number of alkyl carbamates (subject to hydrolysis) is 1. The van der Waals surface area contributed by atoms with Crippen molar-refractivity contribution in [1.82, 2.24) is 15.6 Å². The van der Waals surface area contributed by atoms with Crippen LogP contribution in [0.25, 0.3) is 0 Å². The van der Waals surface area contributed by atoms with E-state index in [2.05, 4.69) is 29.5 Å². The first-order valence-electron chi connectivity index (χ1n) is 7.91. The second-order valence-electron chi connectivity index (χ2n) is 6.58. The molecule has 0 saturated carbocycles. The molecule has 2 N–H and O–H groups in total. The summed E-state index contributed by atoms with van der Waals surface area (Å²) in [4.78, 5) is 16.2. The number of ether oxygens (including phenoxy) is 1. The molecule has 0 unspecified atom stereocenters. The quantitative estimate of drug-likeness (QED) is 0.811. The molecule has 0 aliphatic heterocycles. The molecule has 1 amide bonds. The molecule has 0 radical (unpaired) electrons. The number of carbonyl (C=O) groups is 1. The molecule has 124 valence electrons. The van der Waals surface area contributed by atoms with E-state index in [1.54, 1.807) is 6.20 Å². The SMILES string of the molecule is CCC(CC)(CNCc1cccnc1)NC(=O)OC(C)(C)C. The van der Waals surface area contributed by atoms with Gasteiger partial charge in [-0.1, -0.05) is 19.9 Å². The number of pyridine rings is 1. The number of rotatable bonds is 7. The second kappa shape index (κ2) is 8.13. The maximum absolute atomic E-state index is 12.1. The van der Waals surface area contributed by atoms with Crippen molar-refractivity contribution in [3.8, 4) is 0 Å². The first kappa shape index (κ1) is 18.4. The zero-order valence-electron chi connectivity index (χ0n) is 14.4. The van der Waals surface area contributed by atoms with Crippen molar-refractivity contribution in [2.75, 3.05) is 6.54 Å². The summed E-state index contributed by atoms with van der Waals surface area (Å²) in [6, 6.07) is 3.95. The van der Waals surface area contributed by atoms with Gasteiger partial charge in [0.05, 0.1) is 5.54 Å². The van der Waals surface area contributed by atoms with Crippen molar-refractivity contribution in [3.63, 3.8) is 0 Å². The lowest BCUT2D eigenvalue weighted by molar-refractivity contribution is 0.0446. The number of amides is 1. The molecule has 0 saturated heterocycles. The summed E-state index contributed by atoms with van der Waals surface area (Å²) < 4.78 is 5.37. The van der Waals surface area contributed by atoms with Gasteiger partial charge in [-0.3, -0.25) is 4.98 Å². The van der Waals surface area contributed by atoms with Crippen molar-refractivity contribution in [3.05, 3.63) is 30.1 Å². The fourth-order valence-corrected chi connectivity index (χ4v) is 2.19. The third-order valence-corrected chi connectivity index (χ3v) is 3.63. The van der Waals surface area contributed by atoms with Gasteiger partial charge in [0.15, 0.2) is 0 Å². The predicted octanol–water partition coefficient (Wildman–Crippen LogP) is 3.25. The van der Waals surface area contributed by atoms with Crippen LogP contribution in [0.3, 0.4) is 0 Å². The summed E-state index contributed by atoms with van der Waals surface area (Å²) in [5.41, 5.74) is 0.339. The minimum atomic E-state index is -0.486. The van der Waals surface area contributed by atoms with E-state index >= 15 is 0 Å². The van der Waals surface area contributed by atoms with Gasteiger partial charge < -0.3 is 15.4 Å². The summed E-state index contributed by atoms with van der Waals surface area (Å²) in [5.74, 6) is 0. The van der Waals surface area contributed by atoms with E-state index in [1.165, 1.54) is 0 Å². The van der Waals surface area contributed by atoms with Gasteiger partial charge in [0.1, 0.15) is 5.60 Å². The number of hydrogen-bond donors (Lipinski definition) is 2. The summed E-state index contributed by atoms with van der Waals surface area (Å²) >= 11 is 0. The zero-order chi connectivity index (χ0) is 16.6. The summed E-state index contributed by atoms with van der Waals surface area (Å²) in [5, 5.41) is 6.44. The largest absolute Gasteiger partial charge is 0.444 e. The van der Waals surface area contributed by atoms with Crippen LogP contribution >= 0.6 is 0 Å². The van der Waals surface area contributed by atoms with Crippen LogP contribution in [0.15, 0.2) is 24.5 Å². The molecule has 1 aromatic rings. The Bertz CT molecular complexity index is 451. The topological polar surface area (TPSA) is 63.2 Å². The minimum absolute atomic E-state index is 0.301. The van der Waals surface area contributed by atoms with E-state index in [1.807, 2.05) is 39.1 Å². The van der Waals surface area contributed by atoms with E-state index < -0.39 is 5.60 Å². The molecule has 0 aromatic carbocycles. The lowest BCUT2D eigenvalue weighted by Crippen LogP contribution is -2.55. The number of aromatic nitrogens is 1. The van der Waals surface area contributed by atoms with Gasteiger partial charge in [-0.05, 0) is 45.2 Å². The summed E-state index contributed by atoms with van der Waals surface area (Å²) in [6.07, 6.45) is 4.91. The van der Waals surface area contributed by atoms with Gasteiger partial charge in [0.25, 0.3) is 0 Å². The Morgan fingerprint density at radius 2 is 1.95 bits per heavy atom. The van der Waals surface area contributed by atoms with E-state index in [4.69, 9.17) is 4.74 Å². The molecule has 0 aliphatic rings. The summed E-state index contributed by atoms with van der Waals surface area (Å²) in [6.45, 7) is 11.2. The molecule has 5 nitrogen and oxygen atoms in total. The first-order chi connectivity index (χ1) is 10.3. The monoisotopic (exact) mass is 307 g/mol. The number of nitrogens with zero attached hydrogens (tertiary/aromatic N) is 1. The second-order valence-corrected chi connectivity index (χ2v) is 6.58. The van der Waals surface area contributed by atoms with Crippen molar-refractivity contribution in [2.45, 2.75) is 65.1 Å². The Kier molecular flexibility index (Phi) is 6.81. The molecule has 1 heterocycles. The normalized spacial score (nSPS) is 12.0.